The van der Waals surface area contributed by atoms with Crippen LogP contribution in [-0.4, -0.2) is 30.5 Å². The van der Waals surface area contributed by atoms with Crippen molar-refractivity contribution in [1.82, 2.24) is 24.5 Å². The van der Waals surface area contributed by atoms with Crippen LogP contribution in [-0.2, 0) is 24.3 Å². The molecule has 3 aromatic rings. The number of hydrogen-bond donors (Lipinski definition) is 1. The number of nitrogens with one attached hydrogen (secondary N) is 1. The van der Waals surface area contributed by atoms with Gasteiger partial charge in [0.1, 0.15) is 0 Å². The van der Waals surface area contributed by atoms with E-state index in [0.717, 1.165) is 24.1 Å². The van der Waals surface area contributed by atoms with Gasteiger partial charge in [-0.3, -0.25) is 14.8 Å². The number of hydrogen-bond acceptors (Lipinski definition) is 4. The van der Waals surface area contributed by atoms with Crippen molar-refractivity contribution in [2.75, 3.05) is 5.32 Å². The number of para-hydroxylation sites is 2. The standard InChI is InChI=1S/C17H20N6O/c1-2-22-11-13(20-21-22)9-16(24)19-17-18-14-5-3-4-6-15(14)23(17)10-12-7-8-12/h3-6,11-12H,2,7-10H2,1H3,(H,18,19,24). The van der Waals surface area contributed by atoms with E-state index in [1.54, 1.807) is 10.9 Å². The molecule has 0 atom stereocenters. The highest BCUT2D eigenvalue weighted by atomic mass is 16.1. The van der Waals surface area contributed by atoms with Crippen LogP contribution in [0.2, 0.25) is 0 Å². The molecule has 1 amide bonds. The number of rotatable bonds is 6. The number of benzene rings is 1. The van der Waals surface area contributed by atoms with Gasteiger partial charge < -0.3 is 4.57 Å². The molecule has 4 rings (SSSR count). The first kappa shape index (κ1) is 14.9. The third-order valence-corrected chi connectivity index (χ3v) is 4.30. The van der Waals surface area contributed by atoms with Gasteiger partial charge in [-0.05, 0) is 37.8 Å². The third kappa shape index (κ3) is 3.02. The van der Waals surface area contributed by atoms with Gasteiger partial charge in [-0.15, -0.1) is 5.10 Å². The molecule has 1 fully saturated rings. The van der Waals surface area contributed by atoms with Crippen LogP contribution < -0.4 is 5.32 Å². The minimum absolute atomic E-state index is 0.120. The second kappa shape index (κ2) is 6.07. The van der Waals surface area contributed by atoms with Gasteiger partial charge in [-0.2, -0.15) is 0 Å². The highest BCUT2D eigenvalue weighted by molar-refractivity contribution is 5.92. The van der Waals surface area contributed by atoms with E-state index in [4.69, 9.17) is 0 Å². The van der Waals surface area contributed by atoms with Crippen molar-refractivity contribution in [3.05, 3.63) is 36.2 Å². The maximum absolute atomic E-state index is 12.4. The molecule has 2 aromatic heterocycles. The second-order valence-corrected chi connectivity index (χ2v) is 6.27. The molecule has 1 aliphatic rings. The van der Waals surface area contributed by atoms with Gasteiger partial charge in [0.2, 0.25) is 11.9 Å². The molecule has 0 aliphatic heterocycles. The van der Waals surface area contributed by atoms with Crippen LogP contribution in [0.4, 0.5) is 5.95 Å². The van der Waals surface area contributed by atoms with Crippen LogP contribution in [0.25, 0.3) is 11.0 Å². The van der Waals surface area contributed by atoms with E-state index >= 15 is 0 Å². The minimum atomic E-state index is -0.120. The molecular weight excluding hydrogens is 304 g/mol. The lowest BCUT2D eigenvalue weighted by Crippen LogP contribution is -2.18. The predicted molar refractivity (Wildman–Crippen MR) is 90.5 cm³/mol. The Bertz CT molecular complexity index is 876. The predicted octanol–water partition coefficient (Wildman–Crippen LogP) is 2.24. The summed E-state index contributed by atoms with van der Waals surface area (Å²) in [6, 6.07) is 7.99. The van der Waals surface area contributed by atoms with E-state index in [0.29, 0.717) is 17.6 Å². The van der Waals surface area contributed by atoms with Gasteiger partial charge in [0, 0.05) is 19.3 Å². The lowest BCUT2D eigenvalue weighted by atomic mass is 10.3. The summed E-state index contributed by atoms with van der Waals surface area (Å²) < 4.78 is 3.83. The van der Waals surface area contributed by atoms with Gasteiger partial charge in [0.25, 0.3) is 0 Å². The summed E-state index contributed by atoms with van der Waals surface area (Å²) in [6.45, 7) is 3.63. The van der Waals surface area contributed by atoms with Crippen LogP contribution in [0, 0.1) is 5.92 Å². The number of imidazole rings is 1. The highest BCUT2D eigenvalue weighted by Gasteiger charge is 2.24. The minimum Gasteiger partial charge on any atom is -0.310 e. The maximum atomic E-state index is 12.4. The molecule has 1 N–H and O–H groups in total. The Morgan fingerprint density at radius 2 is 2.17 bits per heavy atom. The van der Waals surface area contributed by atoms with Gasteiger partial charge in [-0.25, -0.2) is 4.98 Å². The highest BCUT2D eigenvalue weighted by Crippen LogP contribution is 2.33. The van der Waals surface area contributed by atoms with Crippen LogP contribution >= 0.6 is 0 Å². The monoisotopic (exact) mass is 324 g/mol. The largest absolute Gasteiger partial charge is 0.310 e. The van der Waals surface area contributed by atoms with Crippen molar-refractivity contribution in [2.45, 2.75) is 39.3 Å². The smallest absolute Gasteiger partial charge is 0.232 e. The SMILES string of the molecule is CCn1cc(CC(=O)Nc2nc3ccccc3n2CC2CC2)nn1. The molecule has 7 nitrogen and oxygen atoms in total. The molecule has 0 radical (unpaired) electrons. The van der Waals surface area contributed by atoms with E-state index in [-0.39, 0.29) is 12.3 Å². The summed E-state index contributed by atoms with van der Waals surface area (Å²) in [5.74, 6) is 1.20. The Hall–Kier alpha value is -2.70. The lowest BCUT2D eigenvalue weighted by molar-refractivity contribution is -0.115. The molecule has 0 unspecified atom stereocenters. The molecule has 1 aromatic carbocycles. The number of aryl methyl sites for hydroxylation is 1. The van der Waals surface area contributed by atoms with E-state index in [1.165, 1.54) is 12.8 Å². The molecule has 124 valence electrons. The van der Waals surface area contributed by atoms with Gasteiger partial charge in [0.05, 0.1) is 23.1 Å². The first-order valence-electron chi connectivity index (χ1n) is 8.37. The van der Waals surface area contributed by atoms with Crippen LogP contribution in [0.5, 0.6) is 0 Å². The third-order valence-electron chi connectivity index (χ3n) is 4.30. The zero-order valence-electron chi connectivity index (χ0n) is 13.6. The first-order valence-corrected chi connectivity index (χ1v) is 8.37. The fourth-order valence-corrected chi connectivity index (χ4v) is 2.82. The fourth-order valence-electron chi connectivity index (χ4n) is 2.82. The Balaban J connectivity index is 1.55. The van der Waals surface area contributed by atoms with E-state index in [1.807, 2.05) is 31.2 Å². The molecule has 0 saturated heterocycles. The number of anilines is 1. The summed E-state index contributed by atoms with van der Waals surface area (Å²) in [5.41, 5.74) is 2.64. The van der Waals surface area contributed by atoms with Crippen molar-refractivity contribution in [3.8, 4) is 0 Å². The molecule has 0 spiro atoms. The van der Waals surface area contributed by atoms with Crippen molar-refractivity contribution in [1.29, 1.82) is 0 Å². The van der Waals surface area contributed by atoms with E-state index in [2.05, 4.69) is 25.2 Å². The summed E-state index contributed by atoms with van der Waals surface area (Å²) in [7, 11) is 0. The van der Waals surface area contributed by atoms with Crippen molar-refractivity contribution in [2.24, 2.45) is 5.92 Å². The topological polar surface area (TPSA) is 77.6 Å². The van der Waals surface area contributed by atoms with Crippen molar-refractivity contribution >= 4 is 22.9 Å². The molecular formula is C17H20N6O. The quantitative estimate of drug-likeness (QED) is 0.754. The Kier molecular flexibility index (Phi) is 3.76. The van der Waals surface area contributed by atoms with Gasteiger partial charge >= 0.3 is 0 Å². The maximum Gasteiger partial charge on any atom is 0.232 e. The number of carbonyl (C=O) groups excluding carboxylic acids is 1. The Morgan fingerprint density at radius 1 is 1.33 bits per heavy atom. The summed E-state index contributed by atoms with van der Waals surface area (Å²) in [6.07, 6.45) is 4.50. The average molecular weight is 324 g/mol. The number of aromatic nitrogens is 5. The van der Waals surface area contributed by atoms with Crippen LogP contribution in [0.3, 0.4) is 0 Å². The molecule has 7 heteroatoms. The van der Waals surface area contributed by atoms with Crippen molar-refractivity contribution < 1.29 is 4.79 Å². The van der Waals surface area contributed by atoms with Gasteiger partial charge in [0.15, 0.2) is 0 Å². The summed E-state index contributed by atoms with van der Waals surface area (Å²) >= 11 is 0. The first-order chi connectivity index (χ1) is 11.7. The number of carbonyl (C=O) groups is 1. The van der Waals surface area contributed by atoms with E-state index in [9.17, 15) is 4.79 Å². The molecule has 0 bridgehead atoms. The van der Waals surface area contributed by atoms with Crippen LogP contribution in [0.15, 0.2) is 30.5 Å². The summed E-state index contributed by atoms with van der Waals surface area (Å²) in [5, 5.41) is 10.9. The van der Waals surface area contributed by atoms with Crippen molar-refractivity contribution in [3.63, 3.8) is 0 Å². The number of amides is 1. The molecule has 2 heterocycles. The number of fused-ring (bicyclic) bond motifs is 1. The Morgan fingerprint density at radius 3 is 2.92 bits per heavy atom. The molecule has 24 heavy (non-hydrogen) atoms. The lowest BCUT2D eigenvalue weighted by Gasteiger charge is -2.09. The second-order valence-electron chi connectivity index (χ2n) is 6.27. The van der Waals surface area contributed by atoms with Crippen LogP contribution in [0.1, 0.15) is 25.5 Å². The molecule has 1 aliphatic carbocycles. The van der Waals surface area contributed by atoms with Gasteiger partial charge in [-0.1, -0.05) is 17.3 Å². The average Bonchev–Trinajstić information content (AvgIpc) is 3.19. The zero-order chi connectivity index (χ0) is 16.5. The number of nitrogens with zero attached hydrogens (tertiary/aromatic N) is 5. The van der Waals surface area contributed by atoms with E-state index < -0.39 is 0 Å². The summed E-state index contributed by atoms with van der Waals surface area (Å²) in [4.78, 5) is 17.0. The Labute approximate surface area is 139 Å². The normalized spacial score (nSPS) is 14.2. The fraction of sp³-hybridized carbons (Fsp3) is 0.412. The molecule has 1 saturated carbocycles. The zero-order valence-corrected chi connectivity index (χ0v) is 13.6.